The predicted octanol–water partition coefficient (Wildman–Crippen LogP) is 8.09. The maximum Gasteiger partial charge on any atom is 0.416 e. The van der Waals surface area contributed by atoms with E-state index >= 15 is 0 Å². The molecule has 234 valence electrons. The maximum atomic E-state index is 13.8. The molecule has 3 N–H and O–H groups in total. The van der Waals surface area contributed by atoms with Crippen LogP contribution in [0.15, 0.2) is 93.9 Å². The minimum Gasteiger partial charge on any atom is -0.494 e. The lowest BCUT2D eigenvalue weighted by Gasteiger charge is -2.40. The van der Waals surface area contributed by atoms with E-state index < -0.39 is 6.09 Å². The zero-order valence-corrected chi connectivity index (χ0v) is 27.3. The molecular formula is C34H46Cl2N4O3. The van der Waals surface area contributed by atoms with Gasteiger partial charge >= 0.3 is 6.09 Å². The fourth-order valence-electron chi connectivity index (χ4n) is 5.15. The molecule has 2 heterocycles. The van der Waals surface area contributed by atoms with Gasteiger partial charge in [0.25, 0.3) is 0 Å². The Morgan fingerprint density at radius 2 is 2.00 bits per heavy atom. The number of allylic oxidation sites excluding steroid dienone is 7. The number of halogens is 2. The first-order valence-electron chi connectivity index (χ1n) is 15.1. The smallest absolute Gasteiger partial charge is 0.416 e. The van der Waals surface area contributed by atoms with Crippen molar-refractivity contribution in [3.8, 4) is 5.75 Å². The number of unbranched alkanes of at least 4 members (excludes halogenated alkanes) is 1. The molecule has 2 aliphatic heterocycles. The number of amides is 1. The summed E-state index contributed by atoms with van der Waals surface area (Å²) in [5.74, 6) is 7.19. The third-order valence-electron chi connectivity index (χ3n) is 7.45. The van der Waals surface area contributed by atoms with Crippen molar-refractivity contribution in [2.75, 3.05) is 32.8 Å². The Labute approximate surface area is 267 Å². The molecule has 2 atom stereocenters. The predicted molar refractivity (Wildman–Crippen MR) is 178 cm³/mol. The first kappa shape index (κ1) is 34.5. The second-order valence-corrected chi connectivity index (χ2v) is 11.5. The van der Waals surface area contributed by atoms with Crippen LogP contribution in [0, 0.1) is 5.92 Å². The summed E-state index contributed by atoms with van der Waals surface area (Å²) >= 11 is 12.4. The zero-order valence-electron chi connectivity index (χ0n) is 25.8. The van der Waals surface area contributed by atoms with Gasteiger partial charge in [0.2, 0.25) is 0 Å². The van der Waals surface area contributed by atoms with Crippen molar-refractivity contribution in [1.29, 1.82) is 0 Å². The highest BCUT2D eigenvalue weighted by atomic mass is 35.5. The van der Waals surface area contributed by atoms with Crippen LogP contribution in [0.3, 0.4) is 0 Å². The van der Waals surface area contributed by atoms with Gasteiger partial charge in [-0.1, -0.05) is 73.5 Å². The summed E-state index contributed by atoms with van der Waals surface area (Å²) in [4.78, 5) is 15.6. The molecule has 0 radical (unpaired) electrons. The number of nitrogens with one attached hydrogen (secondary N) is 1. The first-order valence-corrected chi connectivity index (χ1v) is 15.9. The van der Waals surface area contributed by atoms with Gasteiger partial charge in [0.1, 0.15) is 17.6 Å². The number of carbonyl (C=O) groups is 1. The largest absolute Gasteiger partial charge is 0.494 e. The summed E-state index contributed by atoms with van der Waals surface area (Å²) in [6, 6.07) is 7.61. The Bertz CT molecular complexity index is 1250. The van der Waals surface area contributed by atoms with Gasteiger partial charge in [-0.2, -0.15) is 0 Å². The third-order valence-corrected chi connectivity index (χ3v) is 8.07. The highest BCUT2D eigenvalue weighted by molar-refractivity contribution is 6.29. The molecule has 1 aromatic carbocycles. The summed E-state index contributed by atoms with van der Waals surface area (Å²) in [5, 5.41) is 6.26. The quantitative estimate of drug-likeness (QED) is 0.0644. The third kappa shape index (κ3) is 10.6. The molecule has 0 saturated heterocycles. The van der Waals surface area contributed by atoms with E-state index in [0.717, 1.165) is 53.5 Å². The molecule has 0 spiro atoms. The van der Waals surface area contributed by atoms with Crippen molar-refractivity contribution < 1.29 is 14.3 Å². The van der Waals surface area contributed by atoms with Crippen LogP contribution < -0.4 is 15.9 Å². The highest BCUT2D eigenvalue weighted by Gasteiger charge is 2.36. The van der Waals surface area contributed by atoms with Crippen LogP contribution in [-0.2, 0) is 4.74 Å². The van der Waals surface area contributed by atoms with Crippen LogP contribution in [0.1, 0.15) is 65.0 Å². The summed E-state index contributed by atoms with van der Waals surface area (Å²) in [7, 11) is 0. The number of carbonyl (C=O) groups excluding carboxylic acids is 1. The van der Waals surface area contributed by atoms with Crippen LogP contribution in [0.4, 0.5) is 4.79 Å². The molecular weight excluding hydrogens is 583 g/mol. The topological polar surface area (TPSA) is 80.1 Å². The Balaban J connectivity index is 1.93. The van der Waals surface area contributed by atoms with Crippen molar-refractivity contribution in [1.82, 2.24) is 15.2 Å². The molecule has 0 bridgehead atoms. The highest BCUT2D eigenvalue weighted by Crippen LogP contribution is 2.39. The Morgan fingerprint density at radius 1 is 1.23 bits per heavy atom. The van der Waals surface area contributed by atoms with Crippen molar-refractivity contribution in [3.63, 3.8) is 0 Å². The molecule has 1 aromatic rings. The average molecular weight is 630 g/mol. The molecule has 0 aliphatic carbocycles. The van der Waals surface area contributed by atoms with Gasteiger partial charge in [-0.3, -0.25) is 10.7 Å². The molecule has 0 aromatic heterocycles. The normalized spacial score (nSPS) is 22.1. The van der Waals surface area contributed by atoms with E-state index in [2.05, 4.69) is 30.5 Å². The molecule has 9 heteroatoms. The number of hydrazine groups is 1. The van der Waals surface area contributed by atoms with Gasteiger partial charge in [-0.15, -0.1) is 0 Å². The fraction of sp³-hybridized carbons (Fsp3) is 0.441. The second kappa shape index (κ2) is 18.0. The van der Waals surface area contributed by atoms with Crippen LogP contribution >= 0.6 is 23.2 Å². The Kier molecular flexibility index (Phi) is 14.4. The standard InChI is InChI=1S/C34H46Cl2N4O3/c1-5-11-30(22-25(3)24-35)43-34(41)40-20-17-31-26(4)23-28(36)12-7-8-18-38-32(31)33(40)27-13-15-29(16-14-27)42-21-10-9-19-39(37)6-2/h5,7-8,11,13-16,22-24,26,33,38H,6,9-10,12,17-21,37H2,1-4H3/b8-7-,11-5-,25-24+,28-23+,30-22+. The molecule has 43 heavy (non-hydrogen) atoms. The van der Waals surface area contributed by atoms with Crippen molar-refractivity contribution in [2.24, 2.45) is 11.8 Å². The summed E-state index contributed by atoms with van der Waals surface area (Å²) < 4.78 is 11.9. The number of hydrogen-bond donors (Lipinski definition) is 2. The van der Waals surface area contributed by atoms with E-state index in [4.69, 9.17) is 38.5 Å². The van der Waals surface area contributed by atoms with Gasteiger partial charge in [-0.25, -0.2) is 9.80 Å². The summed E-state index contributed by atoms with van der Waals surface area (Å²) in [5.41, 5.74) is 5.42. The number of hydrogen-bond acceptors (Lipinski definition) is 6. The molecule has 2 aliphatic rings. The van der Waals surface area contributed by atoms with E-state index in [-0.39, 0.29) is 12.0 Å². The molecule has 0 fully saturated rings. The maximum absolute atomic E-state index is 13.8. The Morgan fingerprint density at radius 3 is 2.70 bits per heavy atom. The van der Waals surface area contributed by atoms with E-state index in [1.807, 2.05) is 51.1 Å². The lowest BCUT2D eigenvalue weighted by molar-refractivity contribution is 0.113. The monoisotopic (exact) mass is 628 g/mol. The number of rotatable bonds is 11. The lowest BCUT2D eigenvalue weighted by atomic mass is 9.86. The van der Waals surface area contributed by atoms with Crippen molar-refractivity contribution >= 4 is 29.3 Å². The van der Waals surface area contributed by atoms with Gasteiger partial charge < -0.3 is 14.8 Å². The molecule has 2 unspecified atom stereocenters. The van der Waals surface area contributed by atoms with Crippen molar-refractivity contribution in [3.05, 3.63) is 99.5 Å². The van der Waals surface area contributed by atoms with Gasteiger partial charge in [0.05, 0.1) is 6.61 Å². The Hall–Kier alpha value is -2.97. The van der Waals surface area contributed by atoms with E-state index in [0.29, 0.717) is 38.3 Å². The van der Waals surface area contributed by atoms with Crippen LogP contribution in [0.2, 0.25) is 0 Å². The number of ether oxygens (including phenoxy) is 2. The van der Waals surface area contributed by atoms with Gasteiger partial charge in [0.15, 0.2) is 0 Å². The molecule has 1 amide bonds. The van der Waals surface area contributed by atoms with Gasteiger partial charge in [0, 0.05) is 48.9 Å². The minimum absolute atomic E-state index is 0.108. The molecule has 0 saturated carbocycles. The van der Waals surface area contributed by atoms with Crippen LogP contribution in [-0.4, -0.2) is 48.8 Å². The van der Waals surface area contributed by atoms with Crippen LogP contribution in [0.5, 0.6) is 5.75 Å². The second-order valence-electron chi connectivity index (χ2n) is 10.8. The lowest BCUT2D eigenvalue weighted by Crippen LogP contribution is -2.44. The van der Waals surface area contributed by atoms with Crippen molar-refractivity contribution in [2.45, 2.75) is 59.4 Å². The minimum atomic E-state index is -0.430. The first-order chi connectivity index (χ1) is 20.8. The SMILES string of the molecule is C\C=C/C(=C\C(C)=C\Cl)OC(=O)N1CCC2=C(NC/C=C\C/C(Cl)=C\C2C)C1c1ccc(OCCCCN(N)CC)cc1. The van der Waals surface area contributed by atoms with Crippen LogP contribution in [0.25, 0.3) is 0 Å². The van der Waals surface area contributed by atoms with E-state index in [1.54, 1.807) is 22.1 Å². The summed E-state index contributed by atoms with van der Waals surface area (Å²) in [6.45, 7) is 11.3. The average Bonchev–Trinajstić information content (AvgIpc) is 3.00. The number of benzene rings is 1. The zero-order chi connectivity index (χ0) is 31.2. The number of nitrogens with zero attached hydrogens (tertiary/aromatic N) is 2. The fourth-order valence-corrected chi connectivity index (χ4v) is 5.49. The summed E-state index contributed by atoms with van der Waals surface area (Å²) in [6.07, 6.45) is 14.4. The van der Waals surface area contributed by atoms with Gasteiger partial charge in [-0.05, 0) is 80.0 Å². The molecule has 3 rings (SSSR count). The number of nitrogens with two attached hydrogens (primary N) is 1. The molecule has 7 nitrogen and oxygen atoms in total. The van der Waals surface area contributed by atoms with E-state index in [1.165, 1.54) is 11.1 Å². The van der Waals surface area contributed by atoms with E-state index in [9.17, 15) is 4.79 Å².